The van der Waals surface area contributed by atoms with Crippen LogP contribution >= 0.6 is 15.9 Å². The number of carbonyl (C=O) groups excluding carboxylic acids is 3. The number of carbonyl (C=O) groups is 4. The van der Waals surface area contributed by atoms with Crippen molar-refractivity contribution in [3.63, 3.8) is 0 Å². The summed E-state index contributed by atoms with van der Waals surface area (Å²) in [5.41, 5.74) is 1.74. The zero-order valence-corrected chi connectivity index (χ0v) is 26.6. The van der Waals surface area contributed by atoms with Gasteiger partial charge in [-0.2, -0.15) is 0 Å². The van der Waals surface area contributed by atoms with Gasteiger partial charge in [0.05, 0.1) is 36.4 Å². The monoisotopic (exact) mass is 680 g/mol. The molecule has 3 aromatic rings. The molecule has 1 aliphatic heterocycles. The number of halogens is 1. The standard InChI is InChI=1S/C33H33BrN2O9/c1-4-13-44-26-12-9-21(16-27(26)42-5-2)18-36-31(38)24(30(37)35-33(36)41)14-22-15-25(34)29(28(17-22)43-6-3)45-19-20-7-10-23(11-8-20)32(39)40/h7-12,14-17H,4-6,13,18-19H2,1-3H3,(H,39,40)(H,35,37,41)/b24-14+. The highest BCUT2D eigenvalue weighted by molar-refractivity contribution is 9.10. The molecule has 45 heavy (non-hydrogen) atoms. The normalized spacial score (nSPS) is 13.9. The number of barbiturate groups is 1. The quantitative estimate of drug-likeness (QED) is 0.155. The molecule has 236 valence electrons. The third-order valence-electron chi connectivity index (χ3n) is 6.52. The van der Waals surface area contributed by atoms with Gasteiger partial charge in [0, 0.05) is 0 Å². The van der Waals surface area contributed by atoms with Gasteiger partial charge in [-0.1, -0.05) is 25.1 Å². The summed E-state index contributed by atoms with van der Waals surface area (Å²) in [6.45, 7) is 6.89. The van der Waals surface area contributed by atoms with E-state index >= 15 is 0 Å². The molecule has 0 radical (unpaired) electrons. The van der Waals surface area contributed by atoms with E-state index in [9.17, 15) is 19.2 Å². The predicted molar refractivity (Wildman–Crippen MR) is 169 cm³/mol. The van der Waals surface area contributed by atoms with Crippen LogP contribution in [0.3, 0.4) is 0 Å². The summed E-state index contributed by atoms with van der Waals surface area (Å²) in [6, 6.07) is 13.9. The van der Waals surface area contributed by atoms with Crippen molar-refractivity contribution < 1.29 is 43.2 Å². The van der Waals surface area contributed by atoms with Crippen molar-refractivity contribution in [1.82, 2.24) is 10.2 Å². The Hall–Kier alpha value is -4.84. The van der Waals surface area contributed by atoms with Crippen LogP contribution in [0, 0.1) is 0 Å². The highest BCUT2D eigenvalue weighted by atomic mass is 79.9. The first-order valence-corrected chi connectivity index (χ1v) is 15.1. The van der Waals surface area contributed by atoms with E-state index in [0.717, 1.165) is 16.9 Å². The summed E-state index contributed by atoms with van der Waals surface area (Å²) < 4.78 is 23.7. The second kappa shape index (κ2) is 15.2. The number of urea groups is 1. The van der Waals surface area contributed by atoms with E-state index in [0.29, 0.717) is 58.4 Å². The Morgan fingerprint density at radius 2 is 1.56 bits per heavy atom. The lowest BCUT2D eigenvalue weighted by atomic mass is 10.1. The molecule has 0 saturated carbocycles. The van der Waals surface area contributed by atoms with Gasteiger partial charge in [-0.25, -0.2) is 9.59 Å². The molecule has 4 amide bonds. The molecule has 0 aromatic heterocycles. The van der Waals surface area contributed by atoms with Crippen LogP contribution in [0.5, 0.6) is 23.0 Å². The van der Waals surface area contributed by atoms with Crippen molar-refractivity contribution in [2.75, 3.05) is 19.8 Å². The van der Waals surface area contributed by atoms with Crippen molar-refractivity contribution >= 4 is 45.8 Å². The van der Waals surface area contributed by atoms with E-state index in [4.69, 9.17) is 24.1 Å². The van der Waals surface area contributed by atoms with Gasteiger partial charge in [-0.05, 0) is 95.4 Å². The first kappa shape index (κ1) is 33.1. The van der Waals surface area contributed by atoms with Crippen LogP contribution in [0.2, 0.25) is 0 Å². The van der Waals surface area contributed by atoms with Gasteiger partial charge < -0.3 is 24.1 Å². The number of nitrogens with one attached hydrogen (secondary N) is 1. The summed E-state index contributed by atoms with van der Waals surface area (Å²) >= 11 is 3.49. The van der Waals surface area contributed by atoms with E-state index in [2.05, 4.69) is 21.2 Å². The summed E-state index contributed by atoms with van der Waals surface area (Å²) in [6.07, 6.45) is 2.20. The maximum atomic E-state index is 13.5. The van der Waals surface area contributed by atoms with Crippen LogP contribution in [0.1, 0.15) is 54.2 Å². The Morgan fingerprint density at radius 3 is 2.22 bits per heavy atom. The molecule has 1 fully saturated rings. The Balaban J connectivity index is 1.57. The first-order chi connectivity index (χ1) is 21.6. The van der Waals surface area contributed by atoms with Crippen LogP contribution in [0.4, 0.5) is 4.79 Å². The lowest BCUT2D eigenvalue weighted by Gasteiger charge is -2.26. The number of hydrogen-bond acceptors (Lipinski definition) is 8. The zero-order chi connectivity index (χ0) is 32.5. The van der Waals surface area contributed by atoms with Crippen LogP contribution in [0.25, 0.3) is 6.08 Å². The van der Waals surface area contributed by atoms with Crippen LogP contribution in [-0.4, -0.2) is 53.6 Å². The molecule has 0 spiro atoms. The molecular weight excluding hydrogens is 648 g/mol. The fourth-order valence-electron chi connectivity index (χ4n) is 4.41. The summed E-state index contributed by atoms with van der Waals surface area (Å²) in [5, 5.41) is 11.4. The summed E-state index contributed by atoms with van der Waals surface area (Å²) in [5.74, 6) is -0.806. The Morgan fingerprint density at radius 1 is 0.867 bits per heavy atom. The minimum Gasteiger partial charge on any atom is -0.490 e. The van der Waals surface area contributed by atoms with Crippen LogP contribution in [-0.2, 0) is 22.7 Å². The molecule has 0 aliphatic carbocycles. The number of nitrogens with zero attached hydrogens (tertiary/aromatic N) is 1. The number of aromatic carboxylic acids is 1. The Kier molecular flexibility index (Phi) is 11.2. The second-order valence-corrected chi connectivity index (χ2v) is 10.7. The minimum absolute atomic E-state index is 0.0997. The fourth-order valence-corrected chi connectivity index (χ4v) is 4.98. The van der Waals surface area contributed by atoms with Gasteiger partial charge in [0.2, 0.25) is 0 Å². The topological polar surface area (TPSA) is 141 Å². The van der Waals surface area contributed by atoms with Crippen LogP contribution < -0.4 is 24.3 Å². The van der Waals surface area contributed by atoms with Crippen molar-refractivity contribution in [1.29, 1.82) is 0 Å². The molecule has 3 aromatic carbocycles. The number of carboxylic acids is 1. The number of imide groups is 2. The maximum absolute atomic E-state index is 13.5. The smallest absolute Gasteiger partial charge is 0.335 e. The van der Waals surface area contributed by atoms with E-state index in [1.165, 1.54) is 18.2 Å². The third-order valence-corrected chi connectivity index (χ3v) is 7.11. The fraction of sp³-hybridized carbons (Fsp3) is 0.273. The summed E-state index contributed by atoms with van der Waals surface area (Å²) in [7, 11) is 0. The van der Waals surface area contributed by atoms with Gasteiger partial charge in [0.25, 0.3) is 11.8 Å². The molecule has 2 N–H and O–H groups in total. The molecule has 0 unspecified atom stereocenters. The number of hydrogen-bond donors (Lipinski definition) is 2. The van der Waals surface area contributed by atoms with Gasteiger partial charge >= 0.3 is 12.0 Å². The number of benzene rings is 3. The average molecular weight is 682 g/mol. The van der Waals surface area contributed by atoms with Gasteiger partial charge in [0.15, 0.2) is 23.0 Å². The lowest BCUT2D eigenvalue weighted by Crippen LogP contribution is -2.53. The zero-order valence-electron chi connectivity index (χ0n) is 25.1. The second-order valence-electron chi connectivity index (χ2n) is 9.82. The van der Waals surface area contributed by atoms with Crippen molar-refractivity contribution in [2.45, 2.75) is 40.3 Å². The molecule has 0 bridgehead atoms. The number of rotatable bonds is 14. The Labute approximate surface area is 268 Å². The molecule has 11 nitrogen and oxygen atoms in total. The lowest BCUT2D eigenvalue weighted by molar-refractivity contribution is -0.130. The van der Waals surface area contributed by atoms with Crippen molar-refractivity contribution in [3.05, 3.63) is 86.9 Å². The molecule has 4 rings (SSSR count). The van der Waals surface area contributed by atoms with E-state index in [1.807, 2.05) is 13.8 Å². The predicted octanol–water partition coefficient (Wildman–Crippen LogP) is 5.97. The SMILES string of the molecule is CCCOc1ccc(CN2C(=O)NC(=O)/C(=C\c3cc(Br)c(OCc4ccc(C(=O)O)cc4)c(OCC)c3)C2=O)cc1OCC. The number of amides is 4. The third kappa shape index (κ3) is 8.21. The molecule has 1 saturated heterocycles. The Bertz CT molecular complexity index is 1620. The largest absolute Gasteiger partial charge is 0.490 e. The highest BCUT2D eigenvalue weighted by Gasteiger charge is 2.36. The number of carboxylic acid groups (broad SMARTS) is 1. The average Bonchev–Trinajstić information content (AvgIpc) is 3.01. The minimum atomic E-state index is -1.02. The van der Waals surface area contributed by atoms with E-state index in [-0.39, 0.29) is 24.3 Å². The van der Waals surface area contributed by atoms with Crippen molar-refractivity contribution in [2.24, 2.45) is 0 Å². The molecule has 0 atom stereocenters. The van der Waals surface area contributed by atoms with Gasteiger partial charge in [-0.15, -0.1) is 0 Å². The van der Waals surface area contributed by atoms with E-state index < -0.39 is 23.8 Å². The summed E-state index contributed by atoms with van der Waals surface area (Å²) in [4.78, 5) is 51.1. The van der Waals surface area contributed by atoms with Gasteiger partial charge in [-0.3, -0.25) is 19.8 Å². The maximum Gasteiger partial charge on any atom is 0.335 e. The highest BCUT2D eigenvalue weighted by Crippen LogP contribution is 2.38. The molecule has 12 heteroatoms. The first-order valence-electron chi connectivity index (χ1n) is 14.3. The van der Waals surface area contributed by atoms with Gasteiger partial charge in [0.1, 0.15) is 12.2 Å². The van der Waals surface area contributed by atoms with Crippen molar-refractivity contribution in [3.8, 4) is 23.0 Å². The number of ether oxygens (including phenoxy) is 4. The van der Waals surface area contributed by atoms with Crippen LogP contribution in [0.15, 0.2) is 64.6 Å². The van der Waals surface area contributed by atoms with E-state index in [1.54, 1.807) is 49.4 Å². The molecule has 1 heterocycles. The molecule has 1 aliphatic rings. The molecular formula is C33H33BrN2O9.